The minimum absolute atomic E-state index is 0.539. The molecule has 2 fully saturated rings. The molecule has 29 heavy (non-hydrogen) atoms. The number of benzene rings is 1. The molecule has 0 saturated carbocycles. The molecule has 2 aliphatic heterocycles. The zero-order valence-electron chi connectivity index (χ0n) is 17.9. The van der Waals surface area contributed by atoms with Gasteiger partial charge < -0.3 is 9.80 Å². The van der Waals surface area contributed by atoms with Crippen LogP contribution in [0.4, 0.5) is 11.5 Å². The van der Waals surface area contributed by atoms with E-state index < -0.39 is 0 Å². The molecule has 0 N–H and O–H groups in total. The number of anilines is 2. The molecule has 1 unspecified atom stereocenters. The molecule has 3 heterocycles. The van der Waals surface area contributed by atoms with Crippen LogP contribution in [0.5, 0.6) is 0 Å². The maximum atomic E-state index is 9.66. The van der Waals surface area contributed by atoms with Gasteiger partial charge in [-0.3, -0.25) is 4.90 Å². The van der Waals surface area contributed by atoms with Crippen molar-refractivity contribution in [3.63, 3.8) is 0 Å². The summed E-state index contributed by atoms with van der Waals surface area (Å²) in [7, 11) is 0. The summed E-state index contributed by atoms with van der Waals surface area (Å²) in [6, 6.07) is 13.6. The van der Waals surface area contributed by atoms with Crippen LogP contribution in [0.1, 0.15) is 35.2 Å². The van der Waals surface area contributed by atoms with Crippen molar-refractivity contribution >= 4 is 11.5 Å². The van der Waals surface area contributed by atoms with E-state index in [0.29, 0.717) is 6.04 Å². The second-order valence-corrected chi connectivity index (χ2v) is 8.44. The number of hydrogen-bond donors (Lipinski definition) is 0. The molecule has 152 valence electrons. The Balaban J connectivity index is 1.44. The first-order chi connectivity index (χ1) is 14.1. The number of pyridine rings is 1. The van der Waals surface area contributed by atoms with Crippen LogP contribution >= 0.6 is 0 Å². The smallest absolute Gasteiger partial charge is 0.147 e. The van der Waals surface area contributed by atoms with Gasteiger partial charge in [-0.15, -0.1) is 0 Å². The summed E-state index contributed by atoms with van der Waals surface area (Å²) in [5.74, 6) is 0.883. The van der Waals surface area contributed by atoms with Crippen molar-refractivity contribution < 1.29 is 0 Å². The third-order valence-corrected chi connectivity index (χ3v) is 6.42. The molecule has 1 atom stereocenters. The summed E-state index contributed by atoms with van der Waals surface area (Å²) in [5.41, 5.74) is 5.49. The predicted octanol–water partition coefficient (Wildman–Crippen LogP) is 3.67. The Kier molecular flexibility index (Phi) is 5.73. The van der Waals surface area contributed by atoms with Gasteiger partial charge in [0.1, 0.15) is 11.9 Å². The number of nitriles is 1. The molecule has 1 aromatic heterocycles. The van der Waals surface area contributed by atoms with E-state index in [2.05, 4.69) is 52.0 Å². The zero-order chi connectivity index (χ0) is 20.4. The first-order valence-electron chi connectivity index (χ1n) is 10.7. The van der Waals surface area contributed by atoms with Crippen LogP contribution in [0.15, 0.2) is 30.3 Å². The summed E-state index contributed by atoms with van der Waals surface area (Å²) >= 11 is 0. The average molecular weight is 390 g/mol. The second-order valence-electron chi connectivity index (χ2n) is 8.44. The molecule has 1 aromatic carbocycles. The van der Waals surface area contributed by atoms with Crippen LogP contribution < -0.4 is 9.80 Å². The molecule has 5 nitrogen and oxygen atoms in total. The first-order valence-corrected chi connectivity index (χ1v) is 10.7. The highest BCUT2D eigenvalue weighted by molar-refractivity contribution is 5.58. The molecule has 0 bridgehead atoms. The van der Waals surface area contributed by atoms with Crippen molar-refractivity contribution in [2.24, 2.45) is 0 Å². The highest BCUT2D eigenvalue weighted by Crippen LogP contribution is 2.28. The lowest BCUT2D eigenvalue weighted by Gasteiger charge is -2.44. The van der Waals surface area contributed by atoms with Gasteiger partial charge in [-0.2, -0.15) is 5.26 Å². The van der Waals surface area contributed by atoms with E-state index in [4.69, 9.17) is 4.98 Å². The fourth-order valence-electron chi connectivity index (χ4n) is 4.88. The highest BCUT2D eigenvalue weighted by Gasteiger charge is 2.30. The third kappa shape index (κ3) is 4.09. The number of para-hydroxylation sites is 1. The van der Waals surface area contributed by atoms with Gasteiger partial charge in [0.15, 0.2) is 0 Å². The molecule has 0 amide bonds. The molecule has 5 heteroatoms. The number of nitrogens with zero attached hydrogens (tertiary/aromatic N) is 5. The molecular weight excluding hydrogens is 358 g/mol. The van der Waals surface area contributed by atoms with Gasteiger partial charge in [0.05, 0.1) is 5.56 Å². The third-order valence-electron chi connectivity index (χ3n) is 6.42. The van der Waals surface area contributed by atoms with Gasteiger partial charge in [-0.25, -0.2) is 4.98 Å². The topological polar surface area (TPSA) is 46.4 Å². The van der Waals surface area contributed by atoms with Gasteiger partial charge in [-0.05, 0) is 56.9 Å². The Morgan fingerprint density at radius 1 is 0.966 bits per heavy atom. The Labute approximate surface area is 174 Å². The summed E-state index contributed by atoms with van der Waals surface area (Å²) in [5, 5.41) is 9.66. The number of aromatic nitrogens is 1. The quantitative estimate of drug-likeness (QED) is 0.802. The van der Waals surface area contributed by atoms with Crippen molar-refractivity contribution in [2.45, 2.75) is 39.7 Å². The van der Waals surface area contributed by atoms with E-state index in [1.807, 2.05) is 19.9 Å². The Morgan fingerprint density at radius 2 is 1.72 bits per heavy atom. The normalized spacial score (nSPS) is 20.6. The Morgan fingerprint density at radius 3 is 2.45 bits per heavy atom. The summed E-state index contributed by atoms with van der Waals surface area (Å²) in [6.45, 7) is 12.5. The van der Waals surface area contributed by atoms with Crippen molar-refractivity contribution in [2.75, 3.05) is 49.1 Å². The average Bonchev–Trinajstić information content (AvgIpc) is 2.74. The van der Waals surface area contributed by atoms with Crippen LogP contribution in [-0.4, -0.2) is 55.2 Å². The molecule has 0 spiro atoms. The first kappa shape index (κ1) is 19.7. The standard InChI is InChI=1S/C24H31N5/c1-18-7-4-5-9-23(18)28-13-11-27(12-14-28)21-8-6-10-29(17-21)24-22(16-25)19(2)15-20(3)26-24/h4-5,7,9,15,21H,6,8,10-14,17H2,1-3H3. The number of aryl methyl sites for hydroxylation is 3. The van der Waals surface area contributed by atoms with Crippen LogP contribution in [-0.2, 0) is 0 Å². The van der Waals surface area contributed by atoms with Gasteiger partial charge >= 0.3 is 0 Å². The van der Waals surface area contributed by atoms with E-state index in [1.165, 1.54) is 17.7 Å². The molecule has 2 aromatic rings. The number of piperazine rings is 1. The minimum atomic E-state index is 0.539. The van der Waals surface area contributed by atoms with E-state index in [9.17, 15) is 5.26 Å². The second kappa shape index (κ2) is 8.42. The zero-order valence-corrected chi connectivity index (χ0v) is 17.9. The number of piperidine rings is 1. The SMILES string of the molecule is Cc1cc(C)c(C#N)c(N2CCCC(N3CCN(c4ccccc4C)CC3)C2)n1. The molecule has 2 aliphatic rings. The molecular formula is C24H31N5. The minimum Gasteiger partial charge on any atom is -0.369 e. The Bertz CT molecular complexity index is 908. The van der Waals surface area contributed by atoms with Crippen molar-refractivity contribution in [1.82, 2.24) is 9.88 Å². The number of hydrogen-bond acceptors (Lipinski definition) is 5. The van der Waals surface area contributed by atoms with E-state index in [0.717, 1.165) is 68.3 Å². The summed E-state index contributed by atoms with van der Waals surface area (Å²) in [6.07, 6.45) is 2.38. The fraction of sp³-hybridized carbons (Fsp3) is 0.500. The predicted molar refractivity (Wildman–Crippen MR) is 119 cm³/mol. The molecule has 0 aliphatic carbocycles. The molecule has 0 radical (unpaired) electrons. The maximum absolute atomic E-state index is 9.66. The summed E-state index contributed by atoms with van der Waals surface area (Å²) < 4.78 is 0. The van der Waals surface area contributed by atoms with E-state index in [1.54, 1.807) is 0 Å². The Hall–Kier alpha value is -2.58. The van der Waals surface area contributed by atoms with E-state index in [-0.39, 0.29) is 0 Å². The lowest BCUT2D eigenvalue weighted by molar-refractivity contribution is 0.166. The van der Waals surface area contributed by atoms with E-state index >= 15 is 0 Å². The van der Waals surface area contributed by atoms with Gasteiger partial charge in [-0.1, -0.05) is 18.2 Å². The van der Waals surface area contributed by atoms with Gasteiger partial charge in [0.25, 0.3) is 0 Å². The summed E-state index contributed by atoms with van der Waals surface area (Å²) in [4.78, 5) is 12.3. The largest absolute Gasteiger partial charge is 0.369 e. The van der Waals surface area contributed by atoms with Crippen LogP contribution in [0, 0.1) is 32.1 Å². The fourth-order valence-corrected chi connectivity index (χ4v) is 4.88. The van der Waals surface area contributed by atoms with Crippen LogP contribution in [0.3, 0.4) is 0 Å². The molecule has 4 rings (SSSR count). The van der Waals surface area contributed by atoms with Crippen LogP contribution in [0.2, 0.25) is 0 Å². The van der Waals surface area contributed by atoms with Gasteiger partial charge in [0, 0.05) is 56.7 Å². The molecule has 2 saturated heterocycles. The van der Waals surface area contributed by atoms with Crippen LogP contribution in [0.25, 0.3) is 0 Å². The number of rotatable bonds is 3. The maximum Gasteiger partial charge on any atom is 0.147 e. The van der Waals surface area contributed by atoms with Crippen molar-refractivity contribution in [1.29, 1.82) is 5.26 Å². The highest BCUT2D eigenvalue weighted by atomic mass is 15.3. The van der Waals surface area contributed by atoms with Crippen molar-refractivity contribution in [3.05, 3.63) is 52.7 Å². The van der Waals surface area contributed by atoms with Gasteiger partial charge in [0.2, 0.25) is 0 Å². The lowest BCUT2D eigenvalue weighted by Crippen LogP contribution is -2.55. The lowest BCUT2D eigenvalue weighted by atomic mass is 10.0. The van der Waals surface area contributed by atoms with Crippen molar-refractivity contribution in [3.8, 4) is 6.07 Å². The monoisotopic (exact) mass is 389 g/mol.